The van der Waals surface area contributed by atoms with Crippen molar-refractivity contribution in [2.75, 3.05) is 20.6 Å². The molecule has 1 N–H and O–H groups in total. The number of carbonyl (C=O) groups excluding carboxylic acids is 1. The summed E-state index contributed by atoms with van der Waals surface area (Å²) in [6.07, 6.45) is 0. The Hall–Kier alpha value is -1.59. The van der Waals surface area contributed by atoms with Crippen LogP contribution in [0.2, 0.25) is 0 Å². The third-order valence-corrected chi connectivity index (χ3v) is 3.76. The van der Waals surface area contributed by atoms with Gasteiger partial charge < -0.3 is 14.6 Å². The molecule has 1 aromatic heterocycles. The molecule has 1 heterocycles. The van der Waals surface area contributed by atoms with Crippen LogP contribution >= 0.6 is 15.9 Å². The van der Waals surface area contributed by atoms with E-state index >= 15 is 0 Å². The summed E-state index contributed by atoms with van der Waals surface area (Å²) >= 11 is 3.19. The number of amides is 1. The molecule has 1 amide bonds. The zero-order valence-electron chi connectivity index (χ0n) is 12.4. The zero-order chi connectivity index (χ0) is 15.4. The molecule has 112 valence electrons. The smallest absolute Gasteiger partial charge is 0.287 e. The minimum absolute atomic E-state index is 0.118. The lowest BCUT2D eigenvalue weighted by atomic mass is 10.0. The molecule has 0 radical (unpaired) electrons. The van der Waals surface area contributed by atoms with E-state index in [1.54, 1.807) is 12.1 Å². The van der Waals surface area contributed by atoms with Gasteiger partial charge in [0.2, 0.25) is 0 Å². The van der Waals surface area contributed by atoms with Crippen molar-refractivity contribution in [3.05, 3.63) is 58.0 Å². The second-order valence-corrected chi connectivity index (χ2v) is 5.99. The first-order chi connectivity index (χ1) is 9.97. The van der Waals surface area contributed by atoms with E-state index in [4.69, 9.17) is 4.42 Å². The molecule has 0 bridgehead atoms. The summed E-state index contributed by atoms with van der Waals surface area (Å²) in [4.78, 5) is 14.1. The maximum absolute atomic E-state index is 12.0. The highest BCUT2D eigenvalue weighted by Crippen LogP contribution is 2.19. The molecule has 0 aliphatic rings. The number of nitrogens with one attached hydrogen (secondary N) is 1. The lowest BCUT2D eigenvalue weighted by Crippen LogP contribution is -2.34. The van der Waals surface area contributed by atoms with Crippen LogP contribution in [0.5, 0.6) is 0 Å². The third-order valence-electron chi connectivity index (χ3n) is 3.34. The molecule has 1 atom stereocenters. The van der Waals surface area contributed by atoms with E-state index < -0.39 is 0 Å². The van der Waals surface area contributed by atoms with Gasteiger partial charge in [-0.15, -0.1) is 0 Å². The molecule has 5 heteroatoms. The Balaban J connectivity index is 2.03. The highest BCUT2D eigenvalue weighted by molar-refractivity contribution is 9.10. The van der Waals surface area contributed by atoms with Gasteiger partial charge in [0.15, 0.2) is 10.4 Å². The van der Waals surface area contributed by atoms with Gasteiger partial charge in [0.1, 0.15) is 0 Å². The summed E-state index contributed by atoms with van der Waals surface area (Å²) in [6, 6.07) is 11.8. The molecule has 0 fully saturated rings. The largest absolute Gasteiger partial charge is 0.444 e. The fourth-order valence-electron chi connectivity index (χ4n) is 2.10. The van der Waals surface area contributed by atoms with Crippen LogP contribution in [0.4, 0.5) is 0 Å². The Morgan fingerprint density at radius 3 is 2.43 bits per heavy atom. The lowest BCUT2D eigenvalue weighted by molar-refractivity contribution is 0.0913. The van der Waals surface area contributed by atoms with Crippen LogP contribution in [0, 0.1) is 6.92 Å². The first-order valence-electron chi connectivity index (χ1n) is 6.74. The minimum Gasteiger partial charge on any atom is -0.444 e. The number of halogens is 1. The molecule has 0 aliphatic heterocycles. The quantitative estimate of drug-likeness (QED) is 0.898. The average Bonchev–Trinajstić information content (AvgIpc) is 2.87. The molecule has 0 saturated carbocycles. The van der Waals surface area contributed by atoms with Gasteiger partial charge in [-0.1, -0.05) is 29.8 Å². The van der Waals surface area contributed by atoms with Crippen molar-refractivity contribution in [3.8, 4) is 0 Å². The molecule has 2 aromatic rings. The van der Waals surface area contributed by atoms with Gasteiger partial charge in [-0.05, 0) is 54.6 Å². The van der Waals surface area contributed by atoms with Crippen molar-refractivity contribution in [1.82, 2.24) is 10.2 Å². The van der Waals surface area contributed by atoms with Crippen molar-refractivity contribution in [2.45, 2.75) is 13.0 Å². The van der Waals surface area contributed by atoms with Gasteiger partial charge in [-0.3, -0.25) is 4.79 Å². The first-order valence-corrected chi connectivity index (χ1v) is 7.53. The van der Waals surface area contributed by atoms with E-state index in [0.717, 1.165) is 0 Å². The maximum Gasteiger partial charge on any atom is 0.287 e. The number of carbonyl (C=O) groups is 1. The molecule has 0 aliphatic carbocycles. The lowest BCUT2D eigenvalue weighted by Gasteiger charge is -2.25. The number of benzene rings is 1. The minimum atomic E-state index is -0.209. The molecule has 0 saturated heterocycles. The van der Waals surface area contributed by atoms with E-state index in [1.165, 1.54) is 11.1 Å². The number of likely N-dealkylation sites (N-methyl/N-ethyl adjacent to an activating group) is 1. The van der Waals surface area contributed by atoms with Gasteiger partial charge in [-0.2, -0.15) is 0 Å². The second kappa shape index (κ2) is 6.91. The van der Waals surface area contributed by atoms with Crippen molar-refractivity contribution < 1.29 is 9.21 Å². The Morgan fingerprint density at radius 1 is 1.24 bits per heavy atom. The average molecular weight is 351 g/mol. The molecule has 21 heavy (non-hydrogen) atoms. The van der Waals surface area contributed by atoms with Crippen molar-refractivity contribution in [3.63, 3.8) is 0 Å². The summed E-state index contributed by atoms with van der Waals surface area (Å²) in [6.45, 7) is 2.58. The van der Waals surface area contributed by atoms with Crippen LogP contribution in [-0.2, 0) is 0 Å². The Morgan fingerprint density at radius 2 is 1.90 bits per heavy atom. The topological polar surface area (TPSA) is 45.5 Å². The molecular formula is C16H19BrN2O2. The Labute approximate surface area is 133 Å². The predicted molar refractivity (Wildman–Crippen MR) is 86.3 cm³/mol. The fraction of sp³-hybridized carbons (Fsp3) is 0.312. The van der Waals surface area contributed by atoms with E-state index in [1.807, 2.05) is 14.1 Å². The summed E-state index contributed by atoms with van der Waals surface area (Å²) in [5.41, 5.74) is 2.40. The number of aryl methyl sites for hydroxylation is 1. The summed E-state index contributed by atoms with van der Waals surface area (Å²) in [5.74, 6) is 0.1000. The molecule has 1 aromatic carbocycles. The van der Waals surface area contributed by atoms with Crippen LogP contribution in [0.25, 0.3) is 0 Å². The van der Waals surface area contributed by atoms with Crippen LogP contribution < -0.4 is 5.32 Å². The molecule has 4 nitrogen and oxygen atoms in total. The molecule has 2 rings (SSSR count). The highest BCUT2D eigenvalue weighted by Gasteiger charge is 2.17. The van der Waals surface area contributed by atoms with Gasteiger partial charge in [0.05, 0.1) is 6.04 Å². The van der Waals surface area contributed by atoms with Gasteiger partial charge in [-0.25, -0.2) is 0 Å². The van der Waals surface area contributed by atoms with Crippen LogP contribution in [-0.4, -0.2) is 31.4 Å². The second-order valence-electron chi connectivity index (χ2n) is 5.20. The highest BCUT2D eigenvalue weighted by atomic mass is 79.9. The number of furan rings is 1. The Bertz CT molecular complexity index is 605. The number of hydrogen-bond acceptors (Lipinski definition) is 3. The van der Waals surface area contributed by atoms with Crippen LogP contribution in [0.15, 0.2) is 45.5 Å². The van der Waals surface area contributed by atoms with E-state index in [9.17, 15) is 4.79 Å². The van der Waals surface area contributed by atoms with Crippen molar-refractivity contribution >= 4 is 21.8 Å². The molecular weight excluding hydrogens is 332 g/mol. The van der Waals surface area contributed by atoms with Crippen LogP contribution in [0.3, 0.4) is 0 Å². The normalized spacial score (nSPS) is 12.4. The van der Waals surface area contributed by atoms with Crippen molar-refractivity contribution in [2.24, 2.45) is 0 Å². The van der Waals surface area contributed by atoms with Crippen LogP contribution in [0.1, 0.15) is 27.7 Å². The van der Waals surface area contributed by atoms with Gasteiger partial charge in [0, 0.05) is 6.54 Å². The summed E-state index contributed by atoms with van der Waals surface area (Å²) < 4.78 is 5.80. The molecule has 0 spiro atoms. The van der Waals surface area contributed by atoms with E-state index in [0.29, 0.717) is 17.0 Å². The predicted octanol–water partition coefficient (Wildman–Crippen LogP) is 3.38. The monoisotopic (exact) mass is 350 g/mol. The Kier molecular flexibility index (Phi) is 5.20. The van der Waals surface area contributed by atoms with Gasteiger partial charge in [0.25, 0.3) is 5.91 Å². The van der Waals surface area contributed by atoms with Gasteiger partial charge >= 0.3 is 0 Å². The van der Waals surface area contributed by atoms with Crippen molar-refractivity contribution in [1.29, 1.82) is 0 Å². The number of rotatable bonds is 5. The standard InChI is InChI=1S/C16H19BrN2O2/c1-11-4-6-12(7-5-11)13(19(2)3)10-18-16(20)14-8-9-15(17)21-14/h4-9,13H,10H2,1-3H3,(H,18,20). The number of hydrogen-bond donors (Lipinski definition) is 1. The SMILES string of the molecule is Cc1ccc(C(CNC(=O)c2ccc(Br)o2)N(C)C)cc1. The third kappa shape index (κ3) is 4.19. The molecule has 1 unspecified atom stereocenters. The summed E-state index contributed by atoms with van der Waals surface area (Å²) in [5, 5.41) is 2.91. The maximum atomic E-state index is 12.0. The zero-order valence-corrected chi connectivity index (χ0v) is 14.0. The fourth-order valence-corrected chi connectivity index (χ4v) is 2.41. The van der Waals surface area contributed by atoms with E-state index in [-0.39, 0.29) is 11.9 Å². The first kappa shape index (κ1) is 15.8. The summed E-state index contributed by atoms with van der Waals surface area (Å²) in [7, 11) is 4.00. The van der Waals surface area contributed by atoms with E-state index in [2.05, 4.69) is 57.3 Å². The number of nitrogens with zero attached hydrogens (tertiary/aromatic N) is 1.